The molecule has 9 nitrogen and oxygen atoms in total. The lowest BCUT2D eigenvalue weighted by Gasteiger charge is -2.39. The van der Waals surface area contributed by atoms with Gasteiger partial charge in [0.2, 0.25) is 0 Å². The topological polar surface area (TPSA) is 89.5 Å². The highest BCUT2D eigenvalue weighted by atomic mass is 19.1. The van der Waals surface area contributed by atoms with Gasteiger partial charge in [0.15, 0.2) is 0 Å². The Hall–Kier alpha value is -3.08. The van der Waals surface area contributed by atoms with E-state index >= 15 is 0 Å². The molecule has 0 saturated carbocycles. The van der Waals surface area contributed by atoms with Gasteiger partial charge in [-0.3, -0.25) is 4.79 Å². The van der Waals surface area contributed by atoms with Crippen molar-refractivity contribution in [1.29, 1.82) is 0 Å². The Bertz CT molecular complexity index is 1270. The quantitative estimate of drug-likeness (QED) is 0.418. The van der Waals surface area contributed by atoms with Crippen molar-refractivity contribution < 1.29 is 23.8 Å². The molecule has 1 atom stereocenters. The van der Waals surface area contributed by atoms with E-state index in [0.717, 1.165) is 88.7 Å². The Labute approximate surface area is 260 Å². The van der Waals surface area contributed by atoms with Crippen LogP contribution in [0.1, 0.15) is 56.3 Å². The number of hydrogen-bond acceptors (Lipinski definition) is 8. The maximum absolute atomic E-state index is 14.5. The number of benzene rings is 2. The summed E-state index contributed by atoms with van der Waals surface area (Å²) >= 11 is 0. The summed E-state index contributed by atoms with van der Waals surface area (Å²) in [5.41, 5.74) is 1.77. The fourth-order valence-electron chi connectivity index (χ4n) is 7.01. The number of aliphatic hydroxyl groups is 1. The Morgan fingerprint density at radius 1 is 0.841 bits per heavy atom. The molecule has 4 aliphatic rings. The first kappa shape index (κ1) is 30.9. The molecule has 2 aromatic rings. The normalized spacial score (nSPS) is 22.4. The van der Waals surface area contributed by atoms with Gasteiger partial charge in [-0.25, -0.2) is 4.39 Å². The van der Waals surface area contributed by atoms with Gasteiger partial charge in [-0.05, 0) is 69.8 Å². The summed E-state index contributed by atoms with van der Waals surface area (Å²) in [7, 11) is 0. The number of piperazine rings is 1. The smallest absolute Gasteiger partial charge is 0.253 e. The number of nitrogens with one attached hydrogen (secondary N) is 2. The van der Waals surface area contributed by atoms with Crippen LogP contribution in [0.4, 0.5) is 15.8 Å². The molecule has 0 spiro atoms. The number of carbonyl (C=O) groups is 1. The Morgan fingerprint density at radius 2 is 1.59 bits per heavy atom. The zero-order valence-electron chi connectivity index (χ0n) is 26.2. The maximum atomic E-state index is 14.5. The molecule has 4 saturated heterocycles. The van der Waals surface area contributed by atoms with Gasteiger partial charge < -0.3 is 39.9 Å². The second-order valence-corrected chi connectivity index (χ2v) is 13.3. The van der Waals surface area contributed by atoms with Crippen LogP contribution in [-0.4, -0.2) is 99.2 Å². The highest BCUT2D eigenvalue weighted by Gasteiger charge is 2.32. The molecule has 0 aromatic heterocycles. The van der Waals surface area contributed by atoms with Crippen molar-refractivity contribution in [2.75, 3.05) is 75.2 Å². The first-order valence-corrected chi connectivity index (χ1v) is 16.4. The second-order valence-electron chi connectivity index (χ2n) is 13.3. The molecule has 4 fully saturated rings. The van der Waals surface area contributed by atoms with Gasteiger partial charge in [0, 0.05) is 95.1 Å². The molecule has 3 N–H and O–H groups in total. The molecular formula is C34H48FN5O4. The number of carbonyl (C=O) groups excluding carboxylic acids is 1. The van der Waals surface area contributed by atoms with Crippen molar-refractivity contribution in [3.8, 4) is 11.5 Å². The van der Waals surface area contributed by atoms with Crippen molar-refractivity contribution in [3.05, 3.63) is 47.8 Å². The lowest BCUT2D eigenvalue weighted by Crippen LogP contribution is -2.43. The number of piperidine rings is 2. The molecule has 10 heteroatoms. The van der Waals surface area contributed by atoms with Crippen molar-refractivity contribution >= 4 is 17.3 Å². The third-order valence-corrected chi connectivity index (χ3v) is 9.72. The average molecular weight is 610 g/mol. The molecule has 0 aliphatic carbocycles. The highest BCUT2D eigenvalue weighted by molar-refractivity contribution is 5.95. The van der Waals surface area contributed by atoms with Crippen LogP contribution in [0.15, 0.2) is 36.4 Å². The van der Waals surface area contributed by atoms with E-state index in [2.05, 4.69) is 20.4 Å². The predicted octanol–water partition coefficient (Wildman–Crippen LogP) is 3.65. The zero-order chi connectivity index (χ0) is 30.7. The van der Waals surface area contributed by atoms with Crippen molar-refractivity contribution in [2.24, 2.45) is 5.92 Å². The predicted molar refractivity (Wildman–Crippen MR) is 171 cm³/mol. The molecule has 2 aromatic carbocycles. The van der Waals surface area contributed by atoms with Crippen LogP contribution in [0, 0.1) is 11.7 Å². The van der Waals surface area contributed by atoms with Gasteiger partial charge in [0.05, 0.1) is 11.3 Å². The monoisotopic (exact) mass is 609 g/mol. The maximum Gasteiger partial charge on any atom is 0.253 e. The molecule has 1 unspecified atom stereocenters. The summed E-state index contributed by atoms with van der Waals surface area (Å²) < 4.78 is 27.1. The summed E-state index contributed by atoms with van der Waals surface area (Å²) in [6, 6.07) is 10.8. The van der Waals surface area contributed by atoms with Gasteiger partial charge in [0.25, 0.3) is 5.91 Å². The largest absolute Gasteiger partial charge is 0.490 e. The Kier molecular flexibility index (Phi) is 9.49. The fraction of sp³-hybridized carbons (Fsp3) is 0.618. The van der Waals surface area contributed by atoms with Crippen LogP contribution in [-0.2, 0) is 0 Å². The van der Waals surface area contributed by atoms with E-state index in [-0.39, 0.29) is 29.9 Å². The number of ether oxygens (including phenoxy) is 2. The van der Waals surface area contributed by atoms with E-state index in [4.69, 9.17) is 9.47 Å². The number of likely N-dealkylation sites (tertiary alicyclic amines) is 1. The molecule has 240 valence electrons. The number of rotatable bonds is 8. The van der Waals surface area contributed by atoms with Crippen LogP contribution in [0.3, 0.4) is 0 Å². The molecule has 4 aliphatic heterocycles. The van der Waals surface area contributed by atoms with E-state index in [1.54, 1.807) is 6.07 Å². The minimum absolute atomic E-state index is 0.0110. The SMILES string of the molecule is CC(C)(O)C1CCN(c2cc(C(=O)N3CCC(Oc4cc(F)cc(N5CCNCC5)c4)CC3)ccc2OC2CCNC2)CC1. The van der Waals surface area contributed by atoms with Crippen molar-refractivity contribution in [1.82, 2.24) is 15.5 Å². The summed E-state index contributed by atoms with van der Waals surface area (Å²) in [6.45, 7) is 11.8. The lowest BCUT2D eigenvalue weighted by molar-refractivity contribution is 0.00647. The standard InChI is InChI=1S/C34H48FN5O4/c1-34(2,42)25-6-13-39(14-7-25)31-19-24(3-4-32(31)44-29-5-10-37-23-29)33(41)40-15-8-28(9-16-40)43-30-21-26(35)20-27(22-30)38-17-11-36-12-18-38/h3-4,19-22,25,28-29,36-37,42H,5-18,23H2,1-2H3. The molecule has 0 radical (unpaired) electrons. The van der Waals surface area contributed by atoms with Crippen LogP contribution in [0.5, 0.6) is 11.5 Å². The summed E-state index contributed by atoms with van der Waals surface area (Å²) in [5.74, 6) is 1.34. The number of amides is 1. The fourth-order valence-corrected chi connectivity index (χ4v) is 7.01. The van der Waals surface area contributed by atoms with Crippen molar-refractivity contribution in [2.45, 2.75) is 63.8 Å². The number of hydrogen-bond donors (Lipinski definition) is 3. The molecule has 1 amide bonds. The summed E-state index contributed by atoms with van der Waals surface area (Å²) in [4.78, 5) is 20.1. The van der Waals surface area contributed by atoms with Crippen LogP contribution in [0.25, 0.3) is 0 Å². The summed E-state index contributed by atoms with van der Waals surface area (Å²) in [6.07, 6.45) is 4.18. The van der Waals surface area contributed by atoms with E-state index in [1.165, 1.54) is 6.07 Å². The van der Waals surface area contributed by atoms with E-state index in [9.17, 15) is 14.3 Å². The number of anilines is 2. The van der Waals surface area contributed by atoms with Crippen LogP contribution >= 0.6 is 0 Å². The van der Waals surface area contributed by atoms with Gasteiger partial charge in [-0.1, -0.05) is 0 Å². The average Bonchev–Trinajstić information content (AvgIpc) is 3.54. The van der Waals surface area contributed by atoms with Gasteiger partial charge in [-0.2, -0.15) is 0 Å². The van der Waals surface area contributed by atoms with Gasteiger partial charge >= 0.3 is 0 Å². The highest BCUT2D eigenvalue weighted by Crippen LogP contribution is 2.37. The zero-order valence-corrected chi connectivity index (χ0v) is 26.2. The minimum atomic E-state index is -0.698. The third kappa shape index (κ3) is 7.41. The van der Waals surface area contributed by atoms with E-state index in [1.807, 2.05) is 43.0 Å². The van der Waals surface area contributed by atoms with Gasteiger partial charge in [-0.15, -0.1) is 0 Å². The molecule has 0 bridgehead atoms. The van der Waals surface area contributed by atoms with E-state index in [0.29, 0.717) is 37.2 Å². The third-order valence-electron chi connectivity index (χ3n) is 9.72. The number of halogens is 1. The second kappa shape index (κ2) is 13.5. The molecule has 4 heterocycles. The first-order valence-electron chi connectivity index (χ1n) is 16.4. The Balaban J connectivity index is 1.10. The lowest BCUT2D eigenvalue weighted by atomic mass is 9.83. The molecule has 44 heavy (non-hydrogen) atoms. The van der Waals surface area contributed by atoms with Gasteiger partial charge in [0.1, 0.15) is 29.5 Å². The minimum Gasteiger partial charge on any atom is -0.490 e. The molecule has 6 rings (SSSR count). The molecular weight excluding hydrogens is 561 g/mol. The van der Waals surface area contributed by atoms with Crippen LogP contribution in [0.2, 0.25) is 0 Å². The van der Waals surface area contributed by atoms with E-state index < -0.39 is 5.60 Å². The number of nitrogens with zero attached hydrogens (tertiary/aromatic N) is 3. The first-order chi connectivity index (χ1) is 21.2. The van der Waals surface area contributed by atoms with Crippen molar-refractivity contribution in [3.63, 3.8) is 0 Å². The Morgan fingerprint density at radius 3 is 2.27 bits per heavy atom. The summed E-state index contributed by atoms with van der Waals surface area (Å²) in [5, 5.41) is 17.2. The van der Waals surface area contributed by atoms with Crippen LogP contribution < -0.4 is 29.9 Å².